The van der Waals surface area contributed by atoms with Crippen molar-refractivity contribution >= 4 is 12.1 Å². The number of hydrogen-bond donors (Lipinski definition) is 2. The minimum Gasteiger partial charge on any atom is -0.480 e. The number of aliphatic carboxylic acids is 1. The Labute approximate surface area is 107 Å². The van der Waals surface area contributed by atoms with Crippen molar-refractivity contribution < 1.29 is 37.3 Å². The zero-order valence-electron chi connectivity index (χ0n) is 10.7. The molecule has 0 aromatic heterocycles. The van der Waals surface area contributed by atoms with Gasteiger partial charge in [0.25, 0.3) is 0 Å². The number of carbonyl (C=O) groups is 2. The molecular formula is C10H16F3NO5. The molecule has 0 aromatic carbocycles. The predicted octanol–water partition coefficient (Wildman–Crippen LogP) is 1.54. The van der Waals surface area contributed by atoms with Crippen LogP contribution in [0.15, 0.2) is 0 Å². The summed E-state index contributed by atoms with van der Waals surface area (Å²) in [6.45, 7) is 2.27. The van der Waals surface area contributed by atoms with Gasteiger partial charge in [-0.3, -0.25) is 0 Å². The molecule has 1 atom stereocenters. The van der Waals surface area contributed by atoms with Gasteiger partial charge in [0.2, 0.25) is 0 Å². The second kappa shape index (κ2) is 6.60. The smallest absolute Gasteiger partial charge is 0.411 e. The maximum absolute atomic E-state index is 11.8. The lowest BCUT2D eigenvalue weighted by atomic mass is 10.2. The van der Waals surface area contributed by atoms with Gasteiger partial charge in [0.05, 0.1) is 6.61 Å². The first-order valence-corrected chi connectivity index (χ1v) is 5.27. The van der Waals surface area contributed by atoms with Gasteiger partial charge in [-0.1, -0.05) is 0 Å². The van der Waals surface area contributed by atoms with E-state index < -0.39 is 43.1 Å². The van der Waals surface area contributed by atoms with Crippen molar-refractivity contribution in [2.75, 3.05) is 13.2 Å². The number of ether oxygens (including phenoxy) is 2. The average Bonchev–Trinajstić information content (AvgIpc) is 2.10. The second-order valence-electron chi connectivity index (χ2n) is 4.67. The molecule has 0 aliphatic heterocycles. The van der Waals surface area contributed by atoms with Gasteiger partial charge in [-0.15, -0.1) is 0 Å². The van der Waals surface area contributed by atoms with Gasteiger partial charge in [0, 0.05) is 0 Å². The fourth-order valence-corrected chi connectivity index (χ4v) is 0.917. The van der Waals surface area contributed by atoms with Gasteiger partial charge in [-0.2, -0.15) is 13.2 Å². The minimum absolute atomic E-state index is 0.811. The second-order valence-corrected chi connectivity index (χ2v) is 4.67. The fraction of sp³-hybridized carbons (Fsp3) is 0.800. The Morgan fingerprint density at radius 2 is 1.79 bits per heavy atom. The van der Waals surface area contributed by atoms with Crippen LogP contribution in [0.3, 0.4) is 0 Å². The van der Waals surface area contributed by atoms with Crippen LogP contribution < -0.4 is 5.32 Å². The minimum atomic E-state index is -4.56. The van der Waals surface area contributed by atoms with Gasteiger partial charge in [-0.25, -0.2) is 9.59 Å². The number of carboxylic acid groups (broad SMARTS) is 1. The molecule has 0 bridgehead atoms. The number of halogens is 3. The van der Waals surface area contributed by atoms with E-state index in [1.54, 1.807) is 20.8 Å². The molecule has 9 heteroatoms. The van der Waals surface area contributed by atoms with Crippen molar-refractivity contribution in [3.05, 3.63) is 0 Å². The highest BCUT2D eigenvalue weighted by Crippen LogP contribution is 2.14. The SMILES string of the molecule is CC(C)(C)OC(=O)NC(COCC(F)(F)F)C(=O)O. The van der Waals surface area contributed by atoms with Crippen molar-refractivity contribution in [1.82, 2.24) is 5.32 Å². The van der Waals surface area contributed by atoms with E-state index in [-0.39, 0.29) is 0 Å². The summed E-state index contributed by atoms with van der Waals surface area (Å²) in [4.78, 5) is 22.0. The van der Waals surface area contributed by atoms with Crippen molar-refractivity contribution in [3.8, 4) is 0 Å². The van der Waals surface area contributed by atoms with Crippen molar-refractivity contribution in [2.45, 2.75) is 38.6 Å². The molecular weight excluding hydrogens is 271 g/mol. The predicted molar refractivity (Wildman–Crippen MR) is 57.7 cm³/mol. The summed E-state index contributed by atoms with van der Waals surface area (Å²) in [5.74, 6) is -1.52. The van der Waals surface area contributed by atoms with E-state index in [2.05, 4.69) is 4.74 Å². The zero-order chi connectivity index (χ0) is 15.3. The van der Waals surface area contributed by atoms with Crippen LogP contribution >= 0.6 is 0 Å². The number of carboxylic acids is 1. The Morgan fingerprint density at radius 1 is 1.26 bits per heavy atom. The molecule has 0 aliphatic carbocycles. The van der Waals surface area contributed by atoms with E-state index >= 15 is 0 Å². The lowest BCUT2D eigenvalue weighted by Crippen LogP contribution is -2.46. The van der Waals surface area contributed by atoms with Gasteiger partial charge in [-0.05, 0) is 20.8 Å². The highest BCUT2D eigenvalue weighted by atomic mass is 19.4. The molecule has 0 rings (SSSR count). The Hall–Kier alpha value is -1.51. The molecule has 0 saturated carbocycles. The Morgan fingerprint density at radius 3 is 2.16 bits per heavy atom. The number of hydrogen-bond acceptors (Lipinski definition) is 4. The zero-order valence-corrected chi connectivity index (χ0v) is 10.7. The van der Waals surface area contributed by atoms with Crippen LogP contribution in [0.4, 0.5) is 18.0 Å². The molecule has 1 unspecified atom stereocenters. The molecule has 0 fully saturated rings. The maximum atomic E-state index is 11.8. The van der Waals surface area contributed by atoms with Crippen LogP contribution in [0.2, 0.25) is 0 Å². The van der Waals surface area contributed by atoms with E-state index in [9.17, 15) is 22.8 Å². The molecule has 0 aliphatic rings. The normalized spacial score (nSPS) is 13.8. The van der Waals surface area contributed by atoms with E-state index in [0.717, 1.165) is 0 Å². The molecule has 19 heavy (non-hydrogen) atoms. The van der Waals surface area contributed by atoms with Crippen LogP contribution in [0, 0.1) is 0 Å². The Balaban J connectivity index is 4.28. The number of rotatable bonds is 5. The lowest BCUT2D eigenvalue weighted by Gasteiger charge is -2.22. The summed E-state index contributed by atoms with van der Waals surface area (Å²) in [7, 11) is 0. The molecule has 0 spiro atoms. The Kier molecular flexibility index (Phi) is 6.07. The third-order valence-corrected chi connectivity index (χ3v) is 1.54. The third-order valence-electron chi connectivity index (χ3n) is 1.54. The van der Waals surface area contributed by atoms with Gasteiger partial charge < -0.3 is 19.9 Å². The highest BCUT2D eigenvalue weighted by Gasteiger charge is 2.30. The third kappa shape index (κ3) is 10.1. The van der Waals surface area contributed by atoms with E-state index in [1.165, 1.54) is 0 Å². The Bertz CT molecular complexity index is 324. The summed E-state index contributed by atoms with van der Waals surface area (Å²) in [5.41, 5.74) is -0.847. The summed E-state index contributed by atoms with van der Waals surface area (Å²) >= 11 is 0. The van der Waals surface area contributed by atoms with E-state index in [1.807, 2.05) is 5.32 Å². The summed E-state index contributed by atoms with van der Waals surface area (Å²) in [6, 6.07) is -1.61. The van der Waals surface area contributed by atoms with Crippen molar-refractivity contribution in [1.29, 1.82) is 0 Å². The van der Waals surface area contributed by atoms with Crippen molar-refractivity contribution in [3.63, 3.8) is 0 Å². The van der Waals surface area contributed by atoms with Gasteiger partial charge in [0.1, 0.15) is 12.2 Å². The number of alkyl carbamates (subject to hydrolysis) is 1. The first-order valence-electron chi connectivity index (χ1n) is 5.27. The molecule has 0 aromatic rings. The largest absolute Gasteiger partial charge is 0.480 e. The molecule has 6 nitrogen and oxygen atoms in total. The van der Waals surface area contributed by atoms with E-state index in [4.69, 9.17) is 9.84 Å². The maximum Gasteiger partial charge on any atom is 0.411 e. The molecule has 0 heterocycles. The first kappa shape index (κ1) is 17.5. The van der Waals surface area contributed by atoms with Gasteiger partial charge in [0.15, 0.2) is 6.04 Å². The quantitative estimate of drug-likeness (QED) is 0.801. The number of alkyl halides is 3. The van der Waals surface area contributed by atoms with Gasteiger partial charge >= 0.3 is 18.2 Å². The van der Waals surface area contributed by atoms with Crippen molar-refractivity contribution in [2.24, 2.45) is 0 Å². The number of amides is 1. The first-order chi connectivity index (χ1) is 8.41. The number of nitrogens with one attached hydrogen (secondary N) is 1. The topological polar surface area (TPSA) is 84.9 Å². The van der Waals surface area contributed by atoms with Crippen LogP contribution in [0.1, 0.15) is 20.8 Å². The summed E-state index contributed by atoms with van der Waals surface area (Å²) < 4.78 is 44.4. The standard InChI is InChI=1S/C10H16F3NO5/c1-9(2,3)19-8(17)14-6(7(15)16)4-18-5-10(11,12)13/h6H,4-5H2,1-3H3,(H,14,17)(H,15,16). The van der Waals surface area contributed by atoms with E-state index in [0.29, 0.717) is 0 Å². The van der Waals surface area contributed by atoms with Crippen LogP contribution in [-0.4, -0.2) is 48.2 Å². The lowest BCUT2D eigenvalue weighted by molar-refractivity contribution is -0.177. The summed E-state index contributed by atoms with van der Waals surface area (Å²) in [5, 5.41) is 10.6. The van der Waals surface area contributed by atoms with Crippen LogP contribution in [0.5, 0.6) is 0 Å². The molecule has 2 N–H and O–H groups in total. The number of carbonyl (C=O) groups excluding carboxylic acids is 1. The monoisotopic (exact) mass is 287 g/mol. The highest BCUT2D eigenvalue weighted by molar-refractivity contribution is 5.80. The summed E-state index contributed by atoms with van der Waals surface area (Å²) in [6.07, 6.45) is -5.61. The molecule has 0 saturated heterocycles. The fourth-order valence-electron chi connectivity index (χ4n) is 0.917. The molecule has 1 amide bonds. The van der Waals surface area contributed by atoms with Crippen LogP contribution in [-0.2, 0) is 14.3 Å². The molecule has 0 radical (unpaired) electrons. The molecule has 112 valence electrons. The average molecular weight is 287 g/mol. The van der Waals surface area contributed by atoms with Crippen LogP contribution in [0.25, 0.3) is 0 Å².